The van der Waals surface area contributed by atoms with Gasteiger partial charge in [-0.25, -0.2) is 4.79 Å². The van der Waals surface area contributed by atoms with Gasteiger partial charge in [0, 0.05) is 30.9 Å². The van der Waals surface area contributed by atoms with Gasteiger partial charge in [0.2, 0.25) is 11.8 Å². The van der Waals surface area contributed by atoms with Gasteiger partial charge in [-0.2, -0.15) is 0 Å². The molecule has 2 aromatic carbocycles. The maximum Gasteiger partial charge on any atom is 0.326 e. The Morgan fingerprint density at radius 3 is 2.24 bits per heavy atom. The summed E-state index contributed by atoms with van der Waals surface area (Å²) in [4.78, 5) is 71.0. The van der Waals surface area contributed by atoms with E-state index in [2.05, 4.69) is 20.9 Å². The molecular formula is C40H54N6O8. The van der Waals surface area contributed by atoms with Gasteiger partial charge in [-0.05, 0) is 60.9 Å². The zero-order chi connectivity index (χ0) is 39.8. The molecule has 0 aliphatic heterocycles. The van der Waals surface area contributed by atoms with E-state index < -0.39 is 53.5 Å². The Kier molecular flexibility index (Phi) is 16.7. The SMILES string of the molecule is CC[C@H](C)[C@H](NC(=O)[C@@H](CC(=O)[C@H](CCCN=C(N)N)NC(=O)c1ccc(-c2cccc(OC)c2)o1)CC(C)C)C(=O)N[C@@H](Cc1ccccc1)C(=O)O. The zero-order valence-electron chi connectivity index (χ0n) is 31.7. The number of carboxylic acid groups (broad SMARTS) is 1. The third-order valence-corrected chi connectivity index (χ3v) is 9.09. The predicted molar refractivity (Wildman–Crippen MR) is 206 cm³/mol. The van der Waals surface area contributed by atoms with Gasteiger partial charge in [-0.15, -0.1) is 0 Å². The van der Waals surface area contributed by atoms with Crippen molar-refractivity contribution in [2.45, 2.75) is 84.3 Å². The van der Waals surface area contributed by atoms with Crippen LogP contribution in [0.2, 0.25) is 0 Å². The monoisotopic (exact) mass is 746 g/mol. The molecule has 0 bridgehead atoms. The number of aliphatic carboxylic acids is 1. The maximum atomic E-state index is 14.0. The molecule has 1 aromatic heterocycles. The number of nitrogens with two attached hydrogens (primary N) is 2. The third-order valence-electron chi connectivity index (χ3n) is 9.09. The highest BCUT2D eigenvalue weighted by molar-refractivity contribution is 5.98. The number of ketones is 1. The number of Topliss-reactive ketones (excluding diaryl/α,β-unsaturated/α-hetero) is 1. The Labute approximate surface area is 316 Å². The Bertz CT molecular complexity index is 1740. The molecule has 3 rings (SSSR count). The fourth-order valence-corrected chi connectivity index (χ4v) is 5.96. The van der Waals surface area contributed by atoms with Crippen molar-refractivity contribution in [3.63, 3.8) is 0 Å². The molecule has 5 atom stereocenters. The second kappa shape index (κ2) is 21.1. The summed E-state index contributed by atoms with van der Waals surface area (Å²) in [5, 5.41) is 18.1. The van der Waals surface area contributed by atoms with Crippen LogP contribution in [-0.4, -0.2) is 72.3 Å². The van der Waals surface area contributed by atoms with Crippen molar-refractivity contribution < 1.29 is 38.2 Å². The van der Waals surface area contributed by atoms with E-state index in [9.17, 15) is 29.1 Å². The average molecular weight is 747 g/mol. The summed E-state index contributed by atoms with van der Waals surface area (Å²) in [6, 6.07) is 15.9. The molecule has 0 aliphatic rings. The number of ether oxygens (including phenoxy) is 1. The number of methoxy groups -OCH3 is 1. The van der Waals surface area contributed by atoms with E-state index in [-0.39, 0.29) is 49.4 Å². The molecule has 292 valence electrons. The van der Waals surface area contributed by atoms with Gasteiger partial charge in [0.25, 0.3) is 5.91 Å². The van der Waals surface area contributed by atoms with Crippen LogP contribution in [0.3, 0.4) is 0 Å². The van der Waals surface area contributed by atoms with E-state index in [4.69, 9.17) is 20.6 Å². The number of nitrogens with zero attached hydrogens (tertiary/aromatic N) is 1. The Morgan fingerprint density at radius 1 is 0.889 bits per heavy atom. The number of aliphatic imine (C=N–C) groups is 1. The van der Waals surface area contributed by atoms with E-state index in [0.29, 0.717) is 36.3 Å². The third kappa shape index (κ3) is 13.4. The number of guanidine groups is 1. The molecule has 3 aromatic rings. The van der Waals surface area contributed by atoms with Crippen molar-refractivity contribution in [3.8, 4) is 17.1 Å². The van der Waals surface area contributed by atoms with Crippen molar-refractivity contribution >= 4 is 35.4 Å². The van der Waals surface area contributed by atoms with Gasteiger partial charge in [-0.3, -0.25) is 24.2 Å². The van der Waals surface area contributed by atoms with Crippen molar-refractivity contribution in [2.75, 3.05) is 13.7 Å². The second-order valence-electron chi connectivity index (χ2n) is 13.8. The number of carbonyl (C=O) groups excluding carboxylic acids is 4. The molecule has 0 unspecified atom stereocenters. The normalized spacial score (nSPS) is 13.8. The van der Waals surface area contributed by atoms with Crippen LogP contribution in [-0.2, 0) is 25.6 Å². The van der Waals surface area contributed by atoms with E-state index in [0.717, 1.165) is 5.56 Å². The second-order valence-corrected chi connectivity index (χ2v) is 13.8. The van der Waals surface area contributed by atoms with E-state index in [1.165, 1.54) is 6.07 Å². The molecule has 0 spiro atoms. The first-order valence-corrected chi connectivity index (χ1v) is 18.2. The first-order chi connectivity index (χ1) is 25.7. The number of nitrogens with one attached hydrogen (secondary N) is 3. The van der Waals surface area contributed by atoms with Gasteiger partial charge in [-0.1, -0.05) is 76.6 Å². The quantitative estimate of drug-likeness (QED) is 0.0491. The Balaban J connectivity index is 1.80. The lowest BCUT2D eigenvalue weighted by Crippen LogP contribution is -2.55. The van der Waals surface area contributed by atoms with E-state index >= 15 is 0 Å². The highest BCUT2D eigenvalue weighted by Crippen LogP contribution is 2.26. The number of rotatable bonds is 22. The van der Waals surface area contributed by atoms with Gasteiger partial charge >= 0.3 is 5.97 Å². The van der Waals surface area contributed by atoms with Gasteiger partial charge < -0.3 is 41.7 Å². The number of hydrogen-bond donors (Lipinski definition) is 6. The van der Waals surface area contributed by atoms with Crippen LogP contribution in [0.4, 0.5) is 0 Å². The number of benzene rings is 2. The first-order valence-electron chi connectivity index (χ1n) is 18.2. The minimum Gasteiger partial charge on any atom is -0.497 e. The van der Waals surface area contributed by atoms with Crippen molar-refractivity contribution in [1.29, 1.82) is 0 Å². The molecule has 0 saturated heterocycles. The van der Waals surface area contributed by atoms with Crippen LogP contribution in [0.5, 0.6) is 5.75 Å². The fourth-order valence-electron chi connectivity index (χ4n) is 5.96. The summed E-state index contributed by atoms with van der Waals surface area (Å²) < 4.78 is 11.1. The lowest BCUT2D eigenvalue weighted by molar-refractivity contribution is -0.142. The van der Waals surface area contributed by atoms with Crippen LogP contribution >= 0.6 is 0 Å². The molecular weight excluding hydrogens is 692 g/mol. The van der Waals surface area contributed by atoms with Crippen LogP contribution in [0, 0.1) is 17.8 Å². The topological polar surface area (TPSA) is 228 Å². The fraction of sp³-hybridized carbons (Fsp3) is 0.450. The molecule has 1 heterocycles. The first kappa shape index (κ1) is 42.8. The predicted octanol–water partition coefficient (Wildman–Crippen LogP) is 4.07. The van der Waals surface area contributed by atoms with Gasteiger partial charge in [0.05, 0.1) is 13.2 Å². The summed E-state index contributed by atoms with van der Waals surface area (Å²) in [7, 11) is 1.55. The molecule has 3 amide bonds. The molecule has 54 heavy (non-hydrogen) atoms. The van der Waals surface area contributed by atoms with E-state index in [1.807, 2.05) is 32.9 Å². The summed E-state index contributed by atoms with van der Waals surface area (Å²) in [5.41, 5.74) is 12.4. The van der Waals surface area contributed by atoms with Crippen molar-refractivity contribution in [3.05, 3.63) is 78.1 Å². The molecule has 14 nitrogen and oxygen atoms in total. The van der Waals surface area contributed by atoms with Crippen molar-refractivity contribution in [2.24, 2.45) is 34.2 Å². The van der Waals surface area contributed by atoms with Crippen LogP contribution < -0.4 is 32.2 Å². The van der Waals surface area contributed by atoms with Gasteiger partial charge in [0.15, 0.2) is 17.5 Å². The smallest absolute Gasteiger partial charge is 0.326 e. The summed E-state index contributed by atoms with van der Waals surface area (Å²) >= 11 is 0. The number of carbonyl (C=O) groups is 5. The lowest BCUT2D eigenvalue weighted by Gasteiger charge is -2.28. The minimum atomic E-state index is -1.22. The number of furan rings is 1. The highest BCUT2D eigenvalue weighted by Gasteiger charge is 2.34. The number of carboxylic acids is 1. The van der Waals surface area contributed by atoms with Crippen LogP contribution in [0.1, 0.15) is 75.9 Å². The number of amides is 3. The Hall–Kier alpha value is -5.66. The standard InChI is InChI=1S/C40H54N6O8/c1-6-25(4)35(38(50)45-31(39(51)52)21-26-12-8-7-9-13-26)46-36(48)28(20-24(2)3)23-32(47)30(16-11-19-43-40(41)42)44-37(49)34-18-17-33(54-34)27-14-10-15-29(22-27)53-5/h7-10,12-15,17-18,22,24-25,28,30-31,35H,6,11,16,19-21,23H2,1-5H3,(H,44,49)(H,45,50)(H,46,48)(H,51,52)(H4,41,42,43)/t25-,28+,30-,31-,35-/m0/s1. The molecule has 0 aliphatic carbocycles. The van der Waals surface area contributed by atoms with E-state index in [1.54, 1.807) is 62.6 Å². The zero-order valence-corrected chi connectivity index (χ0v) is 31.7. The van der Waals surface area contributed by atoms with Crippen molar-refractivity contribution in [1.82, 2.24) is 16.0 Å². The summed E-state index contributed by atoms with van der Waals surface area (Å²) in [6.45, 7) is 7.69. The summed E-state index contributed by atoms with van der Waals surface area (Å²) in [6.07, 6.45) is 1.19. The Morgan fingerprint density at radius 2 is 1.61 bits per heavy atom. The van der Waals surface area contributed by atoms with Crippen LogP contribution in [0.15, 0.2) is 76.1 Å². The number of hydrogen-bond acceptors (Lipinski definition) is 8. The lowest BCUT2D eigenvalue weighted by atomic mass is 9.88. The molecule has 8 N–H and O–H groups in total. The van der Waals surface area contributed by atoms with Gasteiger partial charge in [0.1, 0.15) is 23.6 Å². The largest absolute Gasteiger partial charge is 0.497 e. The maximum absolute atomic E-state index is 14.0. The molecule has 0 radical (unpaired) electrons. The summed E-state index contributed by atoms with van der Waals surface area (Å²) in [5.74, 6) is -3.65. The highest BCUT2D eigenvalue weighted by atomic mass is 16.5. The average Bonchev–Trinajstić information content (AvgIpc) is 3.65. The molecule has 0 saturated carbocycles. The minimum absolute atomic E-state index is 0.000235. The molecule has 14 heteroatoms. The molecule has 0 fully saturated rings. The van der Waals surface area contributed by atoms with Crippen LogP contribution in [0.25, 0.3) is 11.3 Å².